The van der Waals surface area contributed by atoms with Gasteiger partial charge in [-0.15, -0.1) is 0 Å². The summed E-state index contributed by atoms with van der Waals surface area (Å²) in [4.78, 5) is 37.5. The fourth-order valence-electron chi connectivity index (χ4n) is 2.87. The molecule has 0 saturated carbocycles. The maximum absolute atomic E-state index is 12.6. The second-order valence-corrected chi connectivity index (χ2v) is 6.00. The number of nitrogens with one attached hydrogen (secondary N) is 1. The average Bonchev–Trinajstić information content (AvgIpc) is 3.17. The Morgan fingerprint density at radius 1 is 1.16 bits per heavy atom. The van der Waals surface area contributed by atoms with E-state index in [1.165, 1.54) is 6.26 Å². The second kappa shape index (κ2) is 7.21. The van der Waals surface area contributed by atoms with Crippen molar-refractivity contribution in [1.29, 1.82) is 0 Å². The third-order valence-corrected chi connectivity index (χ3v) is 4.25. The van der Waals surface area contributed by atoms with Gasteiger partial charge in [0.15, 0.2) is 5.76 Å². The highest BCUT2D eigenvalue weighted by Gasteiger charge is 2.27. The summed E-state index contributed by atoms with van der Waals surface area (Å²) in [7, 11) is 0. The molecule has 0 spiro atoms. The predicted octanol–water partition coefficient (Wildman–Crippen LogP) is 1.87. The van der Waals surface area contributed by atoms with E-state index >= 15 is 0 Å². The number of rotatable bonds is 4. The van der Waals surface area contributed by atoms with Gasteiger partial charge in [0.05, 0.1) is 12.2 Å². The van der Waals surface area contributed by atoms with Crippen LogP contribution in [0.15, 0.2) is 47.1 Å². The van der Waals surface area contributed by atoms with Crippen LogP contribution in [0.5, 0.6) is 0 Å². The van der Waals surface area contributed by atoms with Crippen LogP contribution in [-0.2, 0) is 4.79 Å². The second-order valence-electron chi connectivity index (χ2n) is 6.00. The molecule has 25 heavy (non-hydrogen) atoms. The standard InChI is InChI=1S/C18H19N3O4/c19-16(22)13-3-1-9-21(11-13)18(24)12-5-7-14(8-6-12)20-17(23)15-4-2-10-25-15/h2,4-8,10,13H,1,3,9,11H2,(H2,19,22)(H,20,23). The normalized spacial score (nSPS) is 17.1. The fourth-order valence-corrected chi connectivity index (χ4v) is 2.87. The molecule has 2 heterocycles. The van der Waals surface area contributed by atoms with Crippen LogP contribution in [-0.4, -0.2) is 35.7 Å². The van der Waals surface area contributed by atoms with Gasteiger partial charge in [-0.3, -0.25) is 14.4 Å². The zero-order chi connectivity index (χ0) is 17.8. The van der Waals surface area contributed by atoms with Crippen LogP contribution >= 0.6 is 0 Å². The van der Waals surface area contributed by atoms with Crippen molar-refractivity contribution in [2.75, 3.05) is 18.4 Å². The van der Waals surface area contributed by atoms with E-state index in [4.69, 9.17) is 10.2 Å². The van der Waals surface area contributed by atoms with Crippen LogP contribution in [0, 0.1) is 5.92 Å². The van der Waals surface area contributed by atoms with Crippen molar-refractivity contribution < 1.29 is 18.8 Å². The number of carbonyl (C=O) groups is 3. The van der Waals surface area contributed by atoms with E-state index in [0.29, 0.717) is 24.3 Å². The van der Waals surface area contributed by atoms with E-state index in [1.54, 1.807) is 41.3 Å². The number of amides is 3. The Kier molecular flexibility index (Phi) is 4.83. The highest BCUT2D eigenvalue weighted by molar-refractivity contribution is 6.02. The number of anilines is 1. The van der Waals surface area contributed by atoms with Gasteiger partial charge in [-0.05, 0) is 49.2 Å². The van der Waals surface area contributed by atoms with Crippen molar-refractivity contribution >= 4 is 23.4 Å². The van der Waals surface area contributed by atoms with Gasteiger partial charge in [0, 0.05) is 24.3 Å². The third kappa shape index (κ3) is 3.88. The Labute approximate surface area is 144 Å². The first-order valence-electron chi connectivity index (χ1n) is 8.08. The Balaban J connectivity index is 1.64. The molecular formula is C18H19N3O4. The van der Waals surface area contributed by atoms with Gasteiger partial charge >= 0.3 is 0 Å². The van der Waals surface area contributed by atoms with Crippen LogP contribution in [0.3, 0.4) is 0 Å². The smallest absolute Gasteiger partial charge is 0.291 e. The molecular weight excluding hydrogens is 322 g/mol. The third-order valence-electron chi connectivity index (χ3n) is 4.25. The number of hydrogen-bond donors (Lipinski definition) is 2. The highest BCUT2D eigenvalue weighted by Crippen LogP contribution is 2.19. The van der Waals surface area contributed by atoms with Crippen molar-refractivity contribution in [3.8, 4) is 0 Å². The van der Waals surface area contributed by atoms with Gasteiger partial charge in [0.1, 0.15) is 0 Å². The highest BCUT2D eigenvalue weighted by atomic mass is 16.3. The molecule has 1 aromatic heterocycles. The van der Waals surface area contributed by atoms with E-state index < -0.39 is 0 Å². The molecule has 2 aromatic rings. The summed E-state index contributed by atoms with van der Waals surface area (Å²) in [6.07, 6.45) is 2.90. The number of furan rings is 1. The van der Waals surface area contributed by atoms with Gasteiger partial charge in [-0.2, -0.15) is 0 Å². The average molecular weight is 341 g/mol. The summed E-state index contributed by atoms with van der Waals surface area (Å²) in [6, 6.07) is 9.81. The fraction of sp³-hybridized carbons (Fsp3) is 0.278. The van der Waals surface area contributed by atoms with Crippen LogP contribution in [0.4, 0.5) is 5.69 Å². The summed E-state index contributed by atoms with van der Waals surface area (Å²) < 4.78 is 5.03. The molecule has 1 aliphatic rings. The number of nitrogens with zero attached hydrogens (tertiary/aromatic N) is 1. The molecule has 1 unspecified atom stereocenters. The SMILES string of the molecule is NC(=O)C1CCCN(C(=O)c2ccc(NC(=O)c3ccco3)cc2)C1. The van der Waals surface area contributed by atoms with Crippen molar-refractivity contribution in [2.45, 2.75) is 12.8 Å². The minimum atomic E-state index is -0.367. The van der Waals surface area contributed by atoms with E-state index in [0.717, 1.165) is 12.8 Å². The molecule has 7 nitrogen and oxygen atoms in total. The van der Waals surface area contributed by atoms with E-state index in [-0.39, 0.29) is 29.4 Å². The van der Waals surface area contributed by atoms with E-state index in [1.807, 2.05) is 0 Å². The molecule has 3 amide bonds. The van der Waals surface area contributed by atoms with Gasteiger partial charge in [-0.25, -0.2) is 0 Å². The van der Waals surface area contributed by atoms with Crippen molar-refractivity contribution in [2.24, 2.45) is 11.7 Å². The quantitative estimate of drug-likeness (QED) is 0.885. The van der Waals surface area contributed by atoms with Gasteiger partial charge in [0.2, 0.25) is 5.91 Å². The molecule has 0 bridgehead atoms. The first-order chi connectivity index (χ1) is 12.0. The van der Waals surface area contributed by atoms with Crippen LogP contribution in [0.1, 0.15) is 33.8 Å². The summed E-state index contributed by atoms with van der Waals surface area (Å²) in [5.74, 6) is -0.941. The minimum Gasteiger partial charge on any atom is -0.459 e. The summed E-state index contributed by atoms with van der Waals surface area (Å²) in [5.41, 5.74) is 6.41. The van der Waals surface area contributed by atoms with Crippen molar-refractivity contribution in [3.05, 3.63) is 54.0 Å². The number of likely N-dealkylation sites (tertiary alicyclic amines) is 1. The van der Waals surface area contributed by atoms with Crippen LogP contribution in [0.25, 0.3) is 0 Å². The lowest BCUT2D eigenvalue weighted by atomic mass is 9.97. The van der Waals surface area contributed by atoms with Crippen molar-refractivity contribution in [3.63, 3.8) is 0 Å². The molecule has 7 heteroatoms. The molecule has 1 atom stereocenters. The lowest BCUT2D eigenvalue weighted by molar-refractivity contribution is -0.123. The largest absolute Gasteiger partial charge is 0.459 e. The van der Waals surface area contributed by atoms with Gasteiger partial charge < -0.3 is 20.4 Å². The van der Waals surface area contributed by atoms with Crippen LogP contribution in [0.2, 0.25) is 0 Å². The molecule has 1 aliphatic heterocycles. The van der Waals surface area contributed by atoms with Crippen LogP contribution < -0.4 is 11.1 Å². The molecule has 1 fully saturated rings. The molecule has 3 N–H and O–H groups in total. The first-order valence-corrected chi connectivity index (χ1v) is 8.08. The lowest BCUT2D eigenvalue weighted by Crippen LogP contribution is -2.44. The lowest BCUT2D eigenvalue weighted by Gasteiger charge is -2.31. The van der Waals surface area contributed by atoms with E-state index in [9.17, 15) is 14.4 Å². The monoisotopic (exact) mass is 341 g/mol. The summed E-state index contributed by atoms with van der Waals surface area (Å²) in [5, 5.41) is 2.69. The number of benzene rings is 1. The number of hydrogen-bond acceptors (Lipinski definition) is 4. The number of carbonyl (C=O) groups excluding carboxylic acids is 3. The predicted molar refractivity (Wildman–Crippen MR) is 90.9 cm³/mol. The summed E-state index contributed by atoms with van der Waals surface area (Å²) >= 11 is 0. The Hall–Kier alpha value is -3.09. The molecule has 1 aromatic carbocycles. The topological polar surface area (TPSA) is 106 Å². The minimum absolute atomic E-state index is 0.144. The molecule has 0 aliphatic carbocycles. The Morgan fingerprint density at radius 2 is 1.92 bits per heavy atom. The van der Waals surface area contributed by atoms with Gasteiger partial charge in [-0.1, -0.05) is 0 Å². The maximum Gasteiger partial charge on any atom is 0.291 e. The van der Waals surface area contributed by atoms with Gasteiger partial charge in [0.25, 0.3) is 11.8 Å². The number of nitrogens with two attached hydrogens (primary N) is 1. The molecule has 130 valence electrons. The van der Waals surface area contributed by atoms with E-state index in [2.05, 4.69) is 5.32 Å². The number of piperidine rings is 1. The molecule has 3 rings (SSSR count). The zero-order valence-electron chi connectivity index (χ0n) is 13.6. The molecule has 1 saturated heterocycles. The maximum atomic E-state index is 12.6. The van der Waals surface area contributed by atoms with Crippen molar-refractivity contribution in [1.82, 2.24) is 4.90 Å². The number of primary amides is 1. The zero-order valence-corrected chi connectivity index (χ0v) is 13.6. The Bertz CT molecular complexity index is 768. The first kappa shape index (κ1) is 16.8. The molecule has 0 radical (unpaired) electrons. The Morgan fingerprint density at radius 3 is 2.56 bits per heavy atom. The summed E-state index contributed by atoms with van der Waals surface area (Å²) in [6.45, 7) is 0.963.